The summed E-state index contributed by atoms with van der Waals surface area (Å²) in [5.74, 6) is -0.252. The molecule has 0 fully saturated rings. The summed E-state index contributed by atoms with van der Waals surface area (Å²) >= 11 is 0. The highest BCUT2D eigenvalue weighted by molar-refractivity contribution is 5.81. The van der Waals surface area contributed by atoms with Crippen LogP contribution < -0.4 is 0 Å². The number of amides is 1. The summed E-state index contributed by atoms with van der Waals surface area (Å²) in [5, 5.41) is 0. The van der Waals surface area contributed by atoms with Crippen LogP contribution in [0.25, 0.3) is 0 Å². The molecular formula is C25H49NO3. The lowest BCUT2D eigenvalue weighted by molar-refractivity contribution is -0.148. The number of carbonyl (C=O) groups excluding carboxylic acids is 2. The lowest BCUT2D eigenvalue weighted by atomic mass is 10.0. The van der Waals surface area contributed by atoms with Gasteiger partial charge in [-0.2, -0.15) is 0 Å². The second kappa shape index (κ2) is 21.6. The molecule has 0 N–H and O–H groups in total. The van der Waals surface area contributed by atoms with Gasteiger partial charge in [0.2, 0.25) is 5.91 Å². The van der Waals surface area contributed by atoms with Gasteiger partial charge in [0.05, 0.1) is 6.61 Å². The number of nitrogens with zero attached hydrogens (tertiary/aromatic N) is 1. The van der Waals surface area contributed by atoms with Crippen LogP contribution in [-0.2, 0) is 14.3 Å². The van der Waals surface area contributed by atoms with Crippen LogP contribution in [0.1, 0.15) is 129 Å². The zero-order chi connectivity index (χ0) is 21.6. The molecule has 0 aromatic rings. The molecule has 0 aromatic heterocycles. The first-order chi connectivity index (χ1) is 14.1. The van der Waals surface area contributed by atoms with E-state index < -0.39 is 0 Å². The van der Waals surface area contributed by atoms with E-state index in [1.165, 1.54) is 88.4 Å². The van der Waals surface area contributed by atoms with E-state index in [1.54, 1.807) is 7.05 Å². The molecule has 0 rings (SSSR count). The third kappa shape index (κ3) is 20.0. The second-order valence-corrected chi connectivity index (χ2v) is 8.52. The Labute approximate surface area is 181 Å². The SMILES string of the molecule is CCCCCCCCCCCCCCCCCC(=O)N(C)CC(=O)OCCCC. The minimum absolute atomic E-state index is 0.0483. The third-order valence-electron chi connectivity index (χ3n) is 5.55. The third-order valence-corrected chi connectivity index (χ3v) is 5.55. The van der Waals surface area contributed by atoms with Crippen LogP contribution in [0, 0.1) is 0 Å². The van der Waals surface area contributed by atoms with E-state index in [0.29, 0.717) is 13.0 Å². The molecular weight excluding hydrogens is 362 g/mol. The van der Waals surface area contributed by atoms with E-state index >= 15 is 0 Å². The summed E-state index contributed by atoms with van der Waals surface area (Å²) in [6.45, 7) is 4.85. The van der Waals surface area contributed by atoms with Gasteiger partial charge in [-0.25, -0.2) is 0 Å². The molecule has 0 radical (unpaired) electrons. The summed E-state index contributed by atoms with van der Waals surface area (Å²) in [7, 11) is 1.69. The Kier molecular flexibility index (Phi) is 20.9. The van der Waals surface area contributed by atoms with Crippen molar-refractivity contribution < 1.29 is 14.3 Å². The molecule has 0 unspecified atom stereocenters. The molecule has 0 bridgehead atoms. The van der Waals surface area contributed by atoms with Crippen LogP contribution >= 0.6 is 0 Å². The number of rotatable bonds is 21. The van der Waals surface area contributed by atoms with Gasteiger partial charge in [0.25, 0.3) is 0 Å². The minimum Gasteiger partial charge on any atom is -0.464 e. The second-order valence-electron chi connectivity index (χ2n) is 8.52. The molecule has 4 heteroatoms. The summed E-state index contributed by atoms with van der Waals surface area (Å²) in [4.78, 5) is 25.2. The fraction of sp³-hybridized carbons (Fsp3) is 0.920. The topological polar surface area (TPSA) is 46.6 Å². The predicted molar refractivity (Wildman–Crippen MR) is 123 cm³/mol. The number of esters is 1. The van der Waals surface area contributed by atoms with Gasteiger partial charge in [0, 0.05) is 13.5 Å². The first-order valence-electron chi connectivity index (χ1n) is 12.5. The van der Waals surface area contributed by atoms with Gasteiger partial charge in [-0.15, -0.1) is 0 Å². The highest BCUT2D eigenvalue weighted by atomic mass is 16.5. The summed E-state index contributed by atoms with van der Waals surface area (Å²) in [6, 6.07) is 0. The van der Waals surface area contributed by atoms with Gasteiger partial charge in [0.1, 0.15) is 6.54 Å². The highest BCUT2D eigenvalue weighted by Crippen LogP contribution is 2.14. The van der Waals surface area contributed by atoms with E-state index in [1.807, 2.05) is 0 Å². The minimum atomic E-state index is -0.300. The van der Waals surface area contributed by atoms with E-state index in [2.05, 4.69) is 13.8 Å². The van der Waals surface area contributed by atoms with Crippen molar-refractivity contribution >= 4 is 11.9 Å². The first-order valence-corrected chi connectivity index (χ1v) is 12.5. The van der Waals surface area contributed by atoms with Crippen LogP contribution in [0.4, 0.5) is 0 Å². The monoisotopic (exact) mass is 411 g/mol. The van der Waals surface area contributed by atoms with Crippen LogP contribution in [0.15, 0.2) is 0 Å². The van der Waals surface area contributed by atoms with Crippen LogP contribution in [-0.4, -0.2) is 37.0 Å². The van der Waals surface area contributed by atoms with Gasteiger partial charge in [-0.1, -0.05) is 110 Å². The molecule has 0 aliphatic rings. The molecule has 0 spiro atoms. The van der Waals surface area contributed by atoms with Gasteiger partial charge >= 0.3 is 5.97 Å². The highest BCUT2D eigenvalue weighted by Gasteiger charge is 2.13. The average molecular weight is 412 g/mol. The standard InChI is InChI=1S/C25H49NO3/c1-4-6-8-9-10-11-12-13-14-15-16-17-18-19-20-21-24(27)26(3)23-25(28)29-22-7-5-2/h4-23H2,1-3H3. The molecule has 4 nitrogen and oxygen atoms in total. The maximum atomic E-state index is 12.1. The predicted octanol–water partition coefficient (Wildman–Crippen LogP) is 7.05. The van der Waals surface area contributed by atoms with Crippen molar-refractivity contribution in [2.24, 2.45) is 0 Å². The molecule has 0 aliphatic heterocycles. The zero-order valence-corrected chi connectivity index (χ0v) is 19.8. The van der Waals surface area contributed by atoms with Crippen molar-refractivity contribution in [2.45, 2.75) is 129 Å². The number of likely N-dealkylation sites (N-methyl/N-ethyl adjacent to an activating group) is 1. The summed E-state index contributed by atoms with van der Waals surface area (Å²) < 4.78 is 5.10. The molecule has 1 amide bonds. The van der Waals surface area contributed by atoms with Crippen LogP contribution in [0.5, 0.6) is 0 Å². The van der Waals surface area contributed by atoms with Gasteiger partial charge in [-0.3, -0.25) is 9.59 Å². The number of hydrogen-bond acceptors (Lipinski definition) is 3. The van der Waals surface area contributed by atoms with Crippen LogP contribution in [0.3, 0.4) is 0 Å². The average Bonchev–Trinajstić information content (AvgIpc) is 2.70. The number of hydrogen-bond donors (Lipinski definition) is 0. The lowest BCUT2D eigenvalue weighted by Gasteiger charge is -2.16. The normalized spacial score (nSPS) is 10.9. The summed E-state index contributed by atoms with van der Waals surface area (Å²) in [6.07, 6.45) is 22.3. The number of unbranched alkanes of at least 4 members (excludes halogenated alkanes) is 15. The quantitative estimate of drug-likeness (QED) is 0.150. The first kappa shape index (κ1) is 27.9. The van der Waals surface area contributed by atoms with Crippen molar-refractivity contribution in [1.82, 2.24) is 4.90 Å². The van der Waals surface area contributed by atoms with Gasteiger partial charge < -0.3 is 9.64 Å². The smallest absolute Gasteiger partial charge is 0.325 e. The molecule has 0 aromatic carbocycles. The van der Waals surface area contributed by atoms with Crippen molar-refractivity contribution in [1.29, 1.82) is 0 Å². The van der Waals surface area contributed by atoms with E-state index in [-0.39, 0.29) is 18.4 Å². The van der Waals surface area contributed by atoms with Crippen molar-refractivity contribution in [2.75, 3.05) is 20.2 Å². The Balaban J connectivity index is 3.36. The molecule has 0 saturated carbocycles. The fourth-order valence-corrected chi connectivity index (χ4v) is 3.50. The van der Waals surface area contributed by atoms with E-state index in [4.69, 9.17) is 4.74 Å². The molecule has 0 atom stereocenters. The molecule has 0 saturated heterocycles. The van der Waals surface area contributed by atoms with E-state index in [9.17, 15) is 9.59 Å². The van der Waals surface area contributed by atoms with Gasteiger partial charge in [0.15, 0.2) is 0 Å². The zero-order valence-electron chi connectivity index (χ0n) is 19.8. The Morgan fingerprint density at radius 3 is 1.48 bits per heavy atom. The van der Waals surface area contributed by atoms with Crippen molar-refractivity contribution in [3.05, 3.63) is 0 Å². The van der Waals surface area contributed by atoms with Crippen molar-refractivity contribution in [3.8, 4) is 0 Å². The summed E-state index contributed by atoms with van der Waals surface area (Å²) in [5.41, 5.74) is 0. The van der Waals surface area contributed by atoms with Gasteiger partial charge in [-0.05, 0) is 12.8 Å². The number of carbonyl (C=O) groups is 2. The molecule has 172 valence electrons. The molecule has 0 heterocycles. The Morgan fingerprint density at radius 2 is 1.03 bits per heavy atom. The number of ether oxygens (including phenoxy) is 1. The Bertz CT molecular complexity index is 384. The van der Waals surface area contributed by atoms with Crippen LogP contribution in [0.2, 0.25) is 0 Å². The van der Waals surface area contributed by atoms with Crippen molar-refractivity contribution in [3.63, 3.8) is 0 Å². The Hall–Kier alpha value is -1.06. The fourth-order valence-electron chi connectivity index (χ4n) is 3.50. The molecule has 29 heavy (non-hydrogen) atoms. The maximum Gasteiger partial charge on any atom is 0.325 e. The molecule has 0 aliphatic carbocycles. The largest absolute Gasteiger partial charge is 0.464 e. The maximum absolute atomic E-state index is 12.1. The lowest BCUT2D eigenvalue weighted by Crippen LogP contribution is -2.33. The Morgan fingerprint density at radius 1 is 0.621 bits per heavy atom. The van der Waals surface area contributed by atoms with E-state index in [0.717, 1.165) is 25.7 Å².